The number of aryl methyl sites for hydroxylation is 1. The molecule has 0 aliphatic rings. The van der Waals surface area contributed by atoms with Crippen molar-refractivity contribution in [1.82, 2.24) is 9.88 Å². The minimum atomic E-state index is -0.276. The van der Waals surface area contributed by atoms with Crippen LogP contribution in [0.25, 0.3) is 10.9 Å². The highest BCUT2D eigenvalue weighted by Gasteiger charge is 2.06. The summed E-state index contributed by atoms with van der Waals surface area (Å²) in [6.45, 7) is 0. The van der Waals surface area contributed by atoms with Crippen LogP contribution in [0.2, 0.25) is 0 Å². The number of hydrogen-bond acceptors (Lipinski definition) is 2. The topological polar surface area (TPSA) is 72.4 Å². The smallest absolute Gasteiger partial charge is 0.257 e. The molecule has 22 heavy (non-hydrogen) atoms. The molecule has 1 aromatic heterocycles. The van der Waals surface area contributed by atoms with Gasteiger partial charge < -0.3 is 10.3 Å². The molecule has 3 N–H and O–H groups in total. The Bertz CT molecular complexity index is 849. The second-order valence-electron chi connectivity index (χ2n) is 4.99. The molecule has 0 bridgehead atoms. The summed E-state index contributed by atoms with van der Waals surface area (Å²) in [4.78, 5) is 16.2. The van der Waals surface area contributed by atoms with Crippen molar-refractivity contribution in [3.8, 4) is 0 Å². The molecule has 0 spiro atoms. The monoisotopic (exact) mass is 292 g/mol. The van der Waals surface area contributed by atoms with Gasteiger partial charge in [0.2, 0.25) is 5.96 Å². The van der Waals surface area contributed by atoms with E-state index in [4.69, 9.17) is 5.73 Å². The number of carbonyl (C=O) groups is 1. The number of rotatable bonds is 2. The molecule has 3 rings (SSSR count). The largest absolute Gasteiger partial charge is 0.369 e. The molecule has 0 atom stereocenters. The Morgan fingerprint density at radius 1 is 1.14 bits per heavy atom. The number of carbonyl (C=O) groups excluding carboxylic acids is 1. The fourth-order valence-electron chi connectivity index (χ4n) is 2.27. The summed E-state index contributed by atoms with van der Waals surface area (Å²) in [5.41, 5.74) is 8.11. The predicted molar refractivity (Wildman–Crippen MR) is 88.1 cm³/mol. The first kappa shape index (κ1) is 13.9. The van der Waals surface area contributed by atoms with Crippen LogP contribution in [0.4, 0.5) is 5.69 Å². The Balaban J connectivity index is 1.81. The number of guanidine groups is 1. The van der Waals surface area contributed by atoms with Crippen LogP contribution >= 0.6 is 0 Å². The summed E-state index contributed by atoms with van der Waals surface area (Å²) in [5, 5.41) is 3.72. The molecule has 5 nitrogen and oxygen atoms in total. The van der Waals surface area contributed by atoms with E-state index in [1.54, 1.807) is 24.3 Å². The second-order valence-corrected chi connectivity index (χ2v) is 4.99. The standard InChI is InChI=1S/C17H16N4O/c1-21-10-9-12-7-8-14(11-15(12)21)19-17(18)20-16(22)13-5-3-2-4-6-13/h2-11H,1H3,(H3,18,19,20,22). The number of hydrogen-bond donors (Lipinski definition) is 2. The van der Waals surface area contributed by atoms with Gasteiger partial charge in [0.05, 0.1) is 5.69 Å². The summed E-state index contributed by atoms with van der Waals surface area (Å²) >= 11 is 0. The Morgan fingerprint density at radius 3 is 2.68 bits per heavy atom. The molecule has 0 fully saturated rings. The van der Waals surface area contributed by atoms with E-state index in [0.29, 0.717) is 11.3 Å². The van der Waals surface area contributed by atoms with Crippen molar-refractivity contribution in [1.29, 1.82) is 0 Å². The molecule has 0 aliphatic heterocycles. The number of amides is 1. The van der Waals surface area contributed by atoms with Gasteiger partial charge in [-0.1, -0.05) is 24.3 Å². The molecule has 0 saturated carbocycles. The molecule has 2 aromatic carbocycles. The maximum Gasteiger partial charge on any atom is 0.257 e. The first-order chi connectivity index (χ1) is 10.6. The zero-order valence-electron chi connectivity index (χ0n) is 12.2. The summed E-state index contributed by atoms with van der Waals surface area (Å²) in [6.07, 6.45) is 1.98. The van der Waals surface area contributed by atoms with Gasteiger partial charge in [0, 0.05) is 24.3 Å². The van der Waals surface area contributed by atoms with Crippen LogP contribution in [0.1, 0.15) is 10.4 Å². The van der Waals surface area contributed by atoms with Crippen LogP contribution in [0, 0.1) is 0 Å². The lowest BCUT2D eigenvalue weighted by Crippen LogP contribution is -2.36. The van der Waals surface area contributed by atoms with Crippen molar-refractivity contribution in [2.45, 2.75) is 0 Å². The average molecular weight is 292 g/mol. The maximum atomic E-state index is 12.0. The van der Waals surface area contributed by atoms with E-state index in [1.165, 1.54) is 0 Å². The molecule has 5 heteroatoms. The van der Waals surface area contributed by atoms with Gasteiger partial charge in [0.15, 0.2) is 0 Å². The lowest BCUT2D eigenvalue weighted by molar-refractivity contribution is 0.0976. The molecule has 0 radical (unpaired) electrons. The molecule has 1 amide bonds. The Labute approximate surface area is 128 Å². The lowest BCUT2D eigenvalue weighted by atomic mass is 10.2. The van der Waals surface area contributed by atoms with Gasteiger partial charge in [0.25, 0.3) is 5.91 Å². The third-order valence-electron chi connectivity index (χ3n) is 3.40. The number of fused-ring (bicyclic) bond motifs is 1. The zero-order chi connectivity index (χ0) is 15.5. The molecule has 1 heterocycles. The first-order valence-electron chi connectivity index (χ1n) is 6.89. The van der Waals surface area contributed by atoms with Crippen molar-refractivity contribution in [2.24, 2.45) is 17.8 Å². The minimum Gasteiger partial charge on any atom is -0.369 e. The summed E-state index contributed by atoms with van der Waals surface area (Å²) in [7, 11) is 1.97. The molecular formula is C17H16N4O. The van der Waals surface area contributed by atoms with Crippen LogP contribution in [0.5, 0.6) is 0 Å². The van der Waals surface area contributed by atoms with E-state index in [9.17, 15) is 4.79 Å². The average Bonchev–Trinajstić information content (AvgIpc) is 2.89. The van der Waals surface area contributed by atoms with E-state index >= 15 is 0 Å². The second kappa shape index (κ2) is 5.73. The van der Waals surface area contributed by atoms with Gasteiger partial charge in [-0.25, -0.2) is 4.99 Å². The van der Waals surface area contributed by atoms with Gasteiger partial charge in [-0.3, -0.25) is 10.1 Å². The first-order valence-corrected chi connectivity index (χ1v) is 6.89. The quantitative estimate of drug-likeness (QED) is 0.563. The van der Waals surface area contributed by atoms with E-state index < -0.39 is 0 Å². The molecule has 110 valence electrons. The normalized spacial score (nSPS) is 11.6. The Morgan fingerprint density at radius 2 is 1.91 bits per heavy atom. The SMILES string of the molecule is Cn1ccc2ccc(N=C(N)NC(=O)c3ccccc3)cc21. The number of nitrogens with zero attached hydrogens (tertiary/aromatic N) is 2. The highest BCUT2D eigenvalue weighted by molar-refractivity contribution is 6.05. The third kappa shape index (κ3) is 2.83. The lowest BCUT2D eigenvalue weighted by Gasteiger charge is -2.05. The summed E-state index contributed by atoms with van der Waals surface area (Å²) < 4.78 is 2.01. The molecular weight excluding hydrogens is 276 g/mol. The van der Waals surface area contributed by atoms with E-state index in [0.717, 1.165) is 10.9 Å². The number of nitrogens with one attached hydrogen (secondary N) is 1. The highest BCUT2D eigenvalue weighted by atomic mass is 16.1. The number of benzene rings is 2. The van der Waals surface area contributed by atoms with Crippen molar-refractivity contribution in [3.63, 3.8) is 0 Å². The van der Waals surface area contributed by atoms with Gasteiger partial charge >= 0.3 is 0 Å². The fraction of sp³-hybridized carbons (Fsp3) is 0.0588. The third-order valence-corrected chi connectivity index (χ3v) is 3.40. The van der Waals surface area contributed by atoms with Crippen LogP contribution in [0.3, 0.4) is 0 Å². The van der Waals surface area contributed by atoms with E-state index in [2.05, 4.69) is 10.3 Å². The van der Waals surface area contributed by atoms with E-state index in [-0.39, 0.29) is 11.9 Å². The van der Waals surface area contributed by atoms with Crippen LogP contribution in [-0.2, 0) is 7.05 Å². The zero-order valence-corrected chi connectivity index (χ0v) is 12.2. The van der Waals surface area contributed by atoms with Gasteiger partial charge in [-0.15, -0.1) is 0 Å². The number of aromatic nitrogens is 1. The van der Waals surface area contributed by atoms with Crippen molar-refractivity contribution in [3.05, 3.63) is 66.4 Å². The van der Waals surface area contributed by atoms with Gasteiger partial charge in [-0.05, 0) is 35.7 Å². The molecule has 0 unspecified atom stereocenters. The van der Waals surface area contributed by atoms with Crippen LogP contribution < -0.4 is 11.1 Å². The van der Waals surface area contributed by atoms with Crippen molar-refractivity contribution >= 4 is 28.5 Å². The minimum absolute atomic E-state index is 0.0717. The number of nitrogens with two attached hydrogens (primary N) is 1. The van der Waals surface area contributed by atoms with Gasteiger partial charge in [0.1, 0.15) is 0 Å². The Kier molecular flexibility index (Phi) is 3.62. The molecule has 0 aliphatic carbocycles. The molecule has 3 aromatic rings. The Hall–Kier alpha value is -3.08. The summed E-state index contributed by atoms with van der Waals surface area (Å²) in [5.74, 6) is -0.204. The van der Waals surface area contributed by atoms with Gasteiger partial charge in [-0.2, -0.15) is 0 Å². The fourth-order valence-corrected chi connectivity index (χ4v) is 2.27. The van der Waals surface area contributed by atoms with Crippen LogP contribution in [0.15, 0.2) is 65.8 Å². The van der Waals surface area contributed by atoms with Crippen molar-refractivity contribution < 1.29 is 4.79 Å². The molecule has 0 saturated heterocycles. The van der Waals surface area contributed by atoms with E-state index in [1.807, 2.05) is 48.1 Å². The van der Waals surface area contributed by atoms with Crippen LogP contribution in [-0.4, -0.2) is 16.4 Å². The van der Waals surface area contributed by atoms with Crippen molar-refractivity contribution in [2.75, 3.05) is 0 Å². The number of aliphatic imine (C=N–C) groups is 1. The highest BCUT2D eigenvalue weighted by Crippen LogP contribution is 2.21. The summed E-state index contributed by atoms with van der Waals surface area (Å²) in [6, 6.07) is 16.7. The predicted octanol–water partition coefficient (Wildman–Crippen LogP) is 2.55. The maximum absolute atomic E-state index is 12.0.